The Kier molecular flexibility index (Phi) is 9.86. The van der Waals surface area contributed by atoms with Crippen molar-refractivity contribution in [3.8, 4) is 0 Å². The van der Waals surface area contributed by atoms with Gasteiger partial charge in [0.25, 0.3) is 0 Å². The van der Waals surface area contributed by atoms with Crippen LogP contribution in [0.2, 0.25) is 0 Å². The standard InChI is InChI=1S/C21H30N4O.HI/c1-2-22-21(23-11-6-12-25-13-15-26-16-14-25)24-17-19-9-5-8-18-7-3-4-10-20(18)19;/h3-5,7-10H,2,6,11-17H2,1H3,(H2,22,23,24);1H. The Balaban J connectivity index is 0.00000261. The Morgan fingerprint density at radius 1 is 1.07 bits per heavy atom. The summed E-state index contributed by atoms with van der Waals surface area (Å²) in [6.07, 6.45) is 1.11. The van der Waals surface area contributed by atoms with Gasteiger partial charge < -0.3 is 15.4 Å². The molecular formula is C21H31IN4O. The number of guanidine groups is 1. The highest BCUT2D eigenvalue weighted by Crippen LogP contribution is 2.19. The fourth-order valence-corrected chi connectivity index (χ4v) is 3.27. The van der Waals surface area contributed by atoms with Crippen molar-refractivity contribution in [2.45, 2.75) is 19.9 Å². The van der Waals surface area contributed by atoms with E-state index < -0.39 is 0 Å². The molecule has 0 aromatic heterocycles. The largest absolute Gasteiger partial charge is 0.379 e. The molecule has 2 N–H and O–H groups in total. The summed E-state index contributed by atoms with van der Waals surface area (Å²) in [7, 11) is 0. The van der Waals surface area contributed by atoms with Crippen LogP contribution in [-0.2, 0) is 11.3 Å². The average molecular weight is 482 g/mol. The molecule has 3 rings (SSSR count). The Labute approximate surface area is 179 Å². The molecule has 0 aliphatic carbocycles. The van der Waals surface area contributed by atoms with E-state index in [0.29, 0.717) is 6.54 Å². The van der Waals surface area contributed by atoms with Gasteiger partial charge in [0.15, 0.2) is 5.96 Å². The van der Waals surface area contributed by atoms with E-state index in [4.69, 9.17) is 9.73 Å². The lowest BCUT2D eigenvalue weighted by Crippen LogP contribution is -2.40. The van der Waals surface area contributed by atoms with E-state index in [9.17, 15) is 0 Å². The van der Waals surface area contributed by atoms with Gasteiger partial charge in [-0.2, -0.15) is 0 Å². The van der Waals surface area contributed by atoms with Crippen molar-refractivity contribution in [3.05, 3.63) is 48.0 Å². The summed E-state index contributed by atoms with van der Waals surface area (Å²) in [6.45, 7) is 9.52. The molecule has 1 saturated heterocycles. The molecule has 148 valence electrons. The number of morpholine rings is 1. The summed E-state index contributed by atoms with van der Waals surface area (Å²) in [4.78, 5) is 7.24. The maximum absolute atomic E-state index is 5.39. The molecule has 0 bridgehead atoms. The lowest BCUT2D eigenvalue weighted by molar-refractivity contribution is 0.0376. The van der Waals surface area contributed by atoms with E-state index in [1.165, 1.54) is 16.3 Å². The molecule has 5 nitrogen and oxygen atoms in total. The zero-order valence-electron chi connectivity index (χ0n) is 16.1. The van der Waals surface area contributed by atoms with Gasteiger partial charge in [-0.05, 0) is 36.2 Å². The molecule has 1 heterocycles. The molecule has 0 spiro atoms. The normalized spacial score (nSPS) is 15.4. The fourth-order valence-electron chi connectivity index (χ4n) is 3.27. The zero-order valence-corrected chi connectivity index (χ0v) is 18.4. The first-order valence-corrected chi connectivity index (χ1v) is 9.66. The third kappa shape index (κ3) is 6.93. The topological polar surface area (TPSA) is 48.9 Å². The van der Waals surface area contributed by atoms with Gasteiger partial charge in [-0.15, -0.1) is 24.0 Å². The molecule has 1 aliphatic rings. The second kappa shape index (κ2) is 12.2. The maximum Gasteiger partial charge on any atom is 0.191 e. The quantitative estimate of drug-likeness (QED) is 0.276. The zero-order chi connectivity index (χ0) is 18.0. The summed E-state index contributed by atoms with van der Waals surface area (Å²) in [6, 6.07) is 14.9. The molecule has 0 saturated carbocycles. The number of nitrogens with one attached hydrogen (secondary N) is 2. The summed E-state index contributed by atoms with van der Waals surface area (Å²) in [5.41, 5.74) is 1.26. The highest BCUT2D eigenvalue weighted by molar-refractivity contribution is 14.0. The van der Waals surface area contributed by atoms with Crippen LogP contribution in [0.4, 0.5) is 0 Å². The molecule has 0 amide bonds. The molecule has 27 heavy (non-hydrogen) atoms. The van der Waals surface area contributed by atoms with Crippen LogP contribution in [0.15, 0.2) is 47.5 Å². The summed E-state index contributed by atoms with van der Waals surface area (Å²) in [5, 5.41) is 9.35. The van der Waals surface area contributed by atoms with Crippen LogP contribution in [0.25, 0.3) is 10.8 Å². The van der Waals surface area contributed by atoms with E-state index in [0.717, 1.165) is 58.3 Å². The van der Waals surface area contributed by atoms with E-state index in [-0.39, 0.29) is 24.0 Å². The molecule has 0 atom stereocenters. The SMILES string of the molecule is CCNC(=NCc1cccc2ccccc12)NCCCN1CCOCC1.I. The van der Waals surface area contributed by atoms with Gasteiger partial charge in [0, 0.05) is 26.2 Å². The number of hydrogen-bond donors (Lipinski definition) is 2. The number of ether oxygens (including phenoxy) is 1. The maximum atomic E-state index is 5.39. The third-order valence-electron chi connectivity index (χ3n) is 4.68. The summed E-state index contributed by atoms with van der Waals surface area (Å²) >= 11 is 0. The van der Waals surface area contributed by atoms with Crippen molar-refractivity contribution < 1.29 is 4.74 Å². The Morgan fingerprint density at radius 3 is 2.67 bits per heavy atom. The van der Waals surface area contributed by atoms with E-state index >= 15 is 0 Å². The van der Waals surface area contributed by atoms with Gasteiger partial charge in [0.05, 0.1) is 19.8 Å². The first kappa shape index (κ1) is 21.9. The highest BCUT2D eigenvalue weighted by Gasteiger charge is 2.09. The van der Waals surface area contributed by atoms with Crippen LogP contribution < -0.4 is 10.6 Å². The molecular weight excluding hydrogens is 451 g/mol. The highest BCUT2D eigenvalue weighted by atomic mass is 127. The van der Waals surface area contributed by atoms with Crippen LogP contribution in [0.3, 0.4) is 0 Å². The van der Waals surface area contributed by atoms with Gasteiger partial charge in [-0.25, -0.2) is 4.99 Å². The van der Waals surface area contributed by atoms with E-state index in [1.807, 2.05) is 0 Å². The number of halogens is 1. The van der Waals surface area contributed by atoms with Gasteiger partial charge in [-0.3, -0.25) is 4.90 Å². The van der Waals surface area contributed by atoms with Gasteiger partial charge in [-0.1, -0.05) is 42.5 Å². The molecule has 2 aromatic rings. The molecule has 6 heteroatoms. The molecule has 1 aliphatic heterocycles. The van der Waals surface area contributed by atoms with Crippen molar-refractivity contribution >= 4 is 40.7 Å². The Morgan fingerprint density at radius 2 is 1.85 bits per heavy atom. The summed E-state index contributed by atoms with van der Waals surface area (Å²) < 4.78 is 5.39. The van der Waals surface area contributed by atoms with Gasteiger partial charge >= 0.3 is 0 Å². The minimum atomic E-state index is 0. The number of rotatable bonds is 7. The third-order valence-corrected chi connectivity index (χ3v) is 4.68. The first-order chi connectivity index (χ1) is 12.9. The molecule has 0 unspecified atom stereocenters. The van der Waals surface area contributed by atoms with Crippen LogP contribution >= 0.6 is 24.0 Å². The van der Waals surface area contributed by atoms with Crippen LogP contribution in [-0.4, -0.2) is 56.8 Å². The Hall–Kier alpha value is -1.38. The van der Waals surface area contributed by atoms with Crippen molar-refractivity contribution in [2.75, 3.05) is 45.9 Å². The van der Waals surface area contributed by atoms with Gasteiger partial charge in [0.1, 0.15) is 0 Å². The predicted octanol–water partition coefficient (Wildman–Crippen LogP) is 3.24. The van der Waals surface area contributed by atoms with Crippen molar-refractivity contribution in [2.24, 2.45) is 4.99 Å². The summed E-state index contributed by atoms with van der Waals surface area (Å²) in [5.74, 6) is 0.891. The van der Waals surface area contributed by atoms with E-state index in [2.05, 4.69) is 64.9 Å². The smallest absolute Gasteiger partial charge is 0.191 e. The lowest BCUT2D eigenvalue weighted by Gasteiger charge is -2.26. The van der Waals surface area contributed by atoms with Crippen molar-refractivity contribution in [1.82, 2.24) is 15.5 Å². The molecule has 1 fully saturated rings. The predicted molar refractivity (Wildman–Crippen MR) is 124 cm³/mol. The van der Waals surface area contributed by atoms with Crippen LogP contribution in [0.5, 0.6) is 0 Å². The van der Waals surface area contributed by atoms with Crippen LogP contribution in [0.1, 0.15) is 18.9 Å². The second-order valence-electron chi connectivity index (χ2n) is 6.57. The van der Waals surface area contributed by atoms with Gasteiger partial charge in [0.2, 0.25) is 0 Å². The van der Waals surface area contributed by atoms with E-state index in [1.54, 1.807) is 0 Å². The Bertz CT molecular complexity index is 711. The minimum Gasteiger partial charge on any atom is -0.379 e. The number of hydrogen-bond acceptors (Lipinski definition) is 3. The number of benzene rings is 2. The van der Waals surface area contributed by atoms with Crippen LogP contribution in [0, 0.1) is 0 Å². The molecule has 2 aromatic carbocycles. The fraction of sp³-hybridized carbons (Fsp3) is 0.476. The molecule has 0 radical (unpaired) electrons. The van der Waals surface area contributed by atoms with Crippen molar-refractivity contribution in [1.29, 1.82) is 0 Å². The minimum absolute atomic E-state index is 0. The first-order valence-electron chi connectivity index (χ1n) is 9.66. The number of aliphatic imine (C=N–C) groups is 1. The average Bonchev–Trinajstić information content (AvgIpc) is 2.70. The second-order valence-corrected chi connectivity index (χ2v) is 6.57. The lowest BCUT2D eigenvalue weighted by atomic mass is 10.1. The number of nitrogens with zero attached hydrogens (tertiary/aromatic N) is 2. The number of fused-ring (bicyclic) bond motifs is 1. The van der Waals surface area contributed by atoms with Crippen molar-refractivity contribution in [3.63, 3.8) is 0 Å². The monoisotopic (exact) mass is 482 g/mol.